The number of carboxylic acid groups (broad SMARTS) is 1. The fourth-order valence-corrected chi connectivity index (χ4v) is 7.45. The van der Waals surface area contributed by atoms with Gasteiger partial charge < -0.3 is 47.3 Å². The van der Waals surface area contributed by atoms with E-state index in [0.717, 1.165) is 24.0 Å². The monoisotopic (exact) mass is 532 g/mol. The summed E-state index contributed by atoms with van der Waals surface area (Å²) < 4.78 is 0.769. The average Bonchev–Trinajstić information content (AvgIpc) is 3.25. The molecule has 0 aliphatic carbocycles. The highest BCUT2D eigenvalue weighted by atomic mass is 35.5. The molecule has 2 amide bonds. The molecule has 198 valence electrons. The molecule has 10 nitrogen and oxygen atoms in total. The van der Waals surface area contributed by atoms with Crippen molar-refractivity contribution in [2.24, 2.45) is 11.8 Å². The first kappa shape index (κ1) is 28.2. The van der Waals surface area contributed by atoms with E-state index in [0.29, 0.717) is 37.5 Å². The van der Waals surface area contributed by atoms with Crippen LogP contribution in [0, 0.1) is 11.8 Å². The van der Waals surface area contributed by atoms with Gasteiger partial charge in [-0.1, -0.05) is 6.92 Å². The van der Waals surface area contributed by atoms with Crippen LogP contribution in [0.2, 0.25) is 0 Å². The second kappa shape index (κ2) is 10.9. The molecule has 3 saturated heterocycles. The summed E-state index contributed by atoms with van der Waals surface area (Å²) in [6, 6.07) is -0.627. The normalized spacial score (nSPS) is 35.8. The fraction of sp³-hybridized carbons (Fsp3) is 0.783. The number of aliphatic hydroxyl groups is 2. The van der Waals surface area contributed by atoms with Gasteiger partial charge in [0.1, 0.15) is 12.2 Å². The number of quaternary nitrogens is 1. The summed E-state index contributed by atoms with van der Waals surface area (Å²) in [6.07, 6.45) is 0.678. The first-order valence-corrected chi connectivity index (χ1v) is 13.1. The van der Waals surface area contributed by atoms with Gasteiger partial charge in [0.15, 0.2) is 0 Å². The molecule has 35 heavy (non-hydrogen) atoms. The van der Waals surface area contributed by atoms with Gasteiger partial charge >= 0.3 is 5.97 Å². The number of halogens is 1. The molecule has 0 spiro atoms. The number of rotatable bonds is 7. The van der Waals surface area contributed by atoms with Gasteiger partial charge in [0.25, 0.3) is 0 Å². The van der Waals surface area contributed by atoms with E-state index < -0.39 is 18.0 Å². The van der Waals surface area contributed by atoms with E-state index in [1.165, 1.54) is 16.7 Å². The molecule has 0 radical (unpaired) electrons. The number of fused-ring (bicyclic) bond motifs is 1. The Hall–Kier alpha value is -1.37. The summed E-state index contributed by atoms with van der Waals surface area (Å²) in [5.41, 5.74) is 0.0348. The van der Waals surface area contributed by atoms with Gasteiger partial charge in [0, 0.05) is 35.6 Å². The number of aliphatic carboxylic acids is 1. The third-order valence-electron chi connectivity index (χ3n) is 7.98. The molecule has 4 N–H and O–H groups in total. The van der Waals surface area contributed by atoms with Crippen molar-refractivity contribution in [1.82, 2.24) is 15.1 Å². The highest BCUT2D eigenvalue weighted by Gasteiger charge is 2.60. The Kier molecular flexibility index (Phi) is 8.81. The zero-order valence-corrected chi connectivity index (χ0v) is 22.1. The Morgan fingerprint density at radius 2 is 2.00 bits per heavy atom. The number of hydrogen-bond acceptors (Lipinski definition) is 7. The number of β-lactam (4-membered cyclic amide) rings is 1. The Bertz CT molecular complexity index is 888. The van der Waals surface area contributed by atoms with Crippen LogP contribution in [0.25, 0.3) is 0 Å². The molecule has 12 heteroatoms. The van der Waals surface area contributed by atoms with Crippen molar-refractivity contribution in [3.05, 3.63) is 10.6 Å². The minimum Gasteiger partial charge on any atom is -1.00 e. The maximum Gasteiger partial charge on any atom is 0.353 e. The van der Waals surface area contributed by atoms with Gasteiger partial charge in [-0.3, -0.25) is 9.59 Å². The molecule has 0 aromatic heterocycles. The summed E-state index contributed by atoms with van der Waals surface area (Å²) in [7, 11) is 2.12. The van der Waals surface area contributed by atoms with Gasteiger partial charge in [0.2, 0.25) is 11.8 Å². The van der Waals surface area contributed by atoms with E-state index in [1.54, 1.807) is 6.92 Å². The molecule has 4 rings (SSSR count). The number of hydrogen-bond donors (Lipinski definition) is 4. The quantitative estimate of drug-likeness (QED) is 0.195. The highest BCUT2D eigenvalue weighted by molar-refractivity contribution is 8.03. The molecule has 0 aromatic carbocycles. The number of carbonyl (C=O) groups is 3. The van der Waals surface area contributed by atoms with Crippen molar-refractivity contribution >= 4 is 29.5 Å². The Labute approximate surface area is 216 Å². The van der Waals surface area contributed by atoms with Crippen molar-refractivity contribution < 1.29 is 46.6 Å². The summed E-state index contributed by atoms with van der Waals surface area (Å²) in [5.74, 6) is -2.11. The number of thioether (sulfide) groups is 1. The number of carboxylic acids is 1. The predicted molar refractivity (Wildman–Crippen MR) is 126 cm³/mol. The van der Waals surface area contributed by atoms with Crippen LogP contribution < -0.4 is 17.7 Å². The number of carbonyl (C=O) groups excluding carboxylic acids is 2. The smallest absolute Gasteiger partial charge is 0.353 e. The molecule has 0 aromatic rings. The number of amides is 2. The standard InChI is InChI=1S/C23H36N4O6S.ClH/c1-13-18-17(14(2)29)22(31)26(18)19(23(32)33)20(13)34-15-11-16(24-12-15)21(30)25-5-4-7-27(3,8-6-25)9-10-28;/h13-18,24,28-29H,4-12H2,1-3H3;1H/t13-,14-,15+,16+,17-,18-,27?;/m1./s1. The van der Waals surface area contributed by atoms with Crippen LogP contribution >= 0.6 is 11.8 Å². The Morgan fingerprint density at radius 3 is 2.63 bits per heavy atom. The van der Waals surface area contributed by atoms with Crippen LogP contribution in [-0.4, -0.2) is 124 Å². The SMILES string of the molecule is C[C@@H](O)[C@H]1C(=O)N2C(C(=O)O)=C(S[C@@H]3CN[C@H](C(=O)N4CCC[N+](C)(CCO)CC4)C3)[C@H](C)[C@H]12.[Cl-]. The largest absolute Gasteiger partial charge is 1.00 e. The summed E-state index contributed by atoms with van der Waals surface area (Å²) in [4.78, 5) is 41.7. The van der Waals surface area contributed by atoms with Gasteiger partial charge in [-0.15, -0.1) is 11.8 Å². The Balaban J connectivity index is 0.00000342. The second-order valence-corrected chi connectivity index (χ2v) is 11.7. The van der Waals surface area contributed by atoms with Crippen LogP contribution in [0.5, 0.6) is 0 Å². The molecule has 0 bridgehead atoms. The van der Waals surface area contributed by atoms with Crippen LogP contribution in [-0.2, 0) is 14.4 Å². The Morgan fingerprint density at radius 1 is 1.29 bits per heavy atom. The lowest BCUT2D eigenvalue weighted by molar-refractivity contribution is -0.907. The van der Waals surface area contributed by atoms with E-state index >= 15 is 0 Å². The van der Waals surface area contributed by atoms with E-state index in [-0.39, 0.29) is 59.8 Å². The van der Waals surface area contributed by atoms with Gasteiger partial charge in [-0.05, 0) is 13.3 Å². The van der Waals surface area contributed by atoms with E-state index in [1.807, 2.05) is 11.8 Å². The molecule has 3 fully saturated rings. The van der Waals surface area contributed by atoms with E-state index in [9.17, 15) is 29.7 Å². The maximum absolute atomic E-state index is 13.2. The first-order valence-electron chi connectivity index (χ1n) is 12.2. The number of likely N-dealkylation sites (N-methyl/N-ethyl adjacent to an activating group) is 1. The van der Waals surface area contributed by atoms with E-state index in [4.69, 9.17) is 0 Å². The first-order chi connectivity index (χ1) is 16.1. The van der Waals surface area contributed by atoms with Crippen LogP contribution in [0.4, 0.5) is 0 Å². The van der Waals surface area contributed by atoms with Crippen molar-refractivity contribution in [1.29, 1.82) is 0 Å². The molecule has 4 aliphatic heterocycles. The lowest BCUT2D eigenvalue weighted by Gasteiger charge is -2.46. The summed E-state index contributed by atoms with van der Waals surface area (Å²) in [5, 5.41) is 32.6. The molecular weight excluding hydrogens is 496 g/mol. The molecule has 0 saturated carbocycles. The van der Waals surface area contributed by atoms with Crippen LogP contribution in [0.1, 0.15) is 26.7 Å². The maximum atomic E-state index is 13.2. The number of nitrogens with zero attached hydrogens (tertiary/aromatic N) is 3. The summed E-state index contributed by atoms with van der Waals surface area (Å²) in [6.45, 7) is 8.04. The fourth-order valence-electron chi connectivity index (χ4n) is 5.97. The van der Waals surface area contributed by atoms with Crippen molar-refractivity contribution in [2.45, 2.75) is 50.1 Å². The lowest BCUT2D eigenvalue weighted by atomic mass is 9.79. The third-order valence-corrected chi connectivity index (χ3v) is 9.49. The number of aliphatic hydroxyl groups excluding tert-OH is 2. The number of nitrogens with one attached hydrogen (secondary N) is 1. The van der Waals surface area contributed by atoms with E-state index in [2.05, 4.69) is 12.4 Å². The third kappa shape index (κ3) is 5.21. The van der Waals surface area contributed by atoms with Gasteiger partial charge in [-0.25, -0.2) is 4.79 Å². The lowest BCUT2D eigenvalue weighted by Crippen LogP contribution is -3.00. The van der Waals surface area contributed by atoms with Crippen molar-refractivity contribution in [3.8, 4) is 0 Å². The van der Waals surface area contributed by atoms with Crippen molar-refractivity contribution in [2.75, 3.05) is 52.9 Å². The van der Waals surface area contributed by atoms with Crippen molar-refractivity contribution in [3.63, 3.8) is 0 Å². The molecule has 7 atom stereocenters. The minimum absolute atomic E-state index is 0. The zero-order valence-electron chi connectivity index (χ0n) is 20.5. The highest BCUT2D eigenvalue weighted by Crippen LogP contribution is 2.51. The van der Waals surface area contributed by atoms with Crippen LogP contribution in [0.15, 0.2) is 10.6 Å². The van der Waals surface area contributed by atoms with Crippen LogP contribution in [0.3, 0.4) is 0 Å². The second-order valence-electron chi connectivity index (χ2n) is 10.4. The van der Waals surface area contributed by atoms with Gasteiger partial charge in [-0.2, -0.15) is 0 Å². The van der Waals surface area contributed by atoms with Gasteiger partial charge in [0.05, 0.1) is 57.4 Å². The molecular formula is C23H37ClN4O6S. The molecule has 1 unspecified atom stereocenters. The molecule has 4 aliphatic rings. The minimum atomic E-state index is -1.12. The summed E-state index contributed by atoms with van der Waals surface area (Å²) >= 11 is 1.46. The zero-order chi connectivity index (χ0) is 24.8. The average molecular weight is 533 g/mol. The predicted octanol–water partition coefficient (Wildman–Crippen LogP) is -3.72. The topological polar surface area (TPSA) is 130 Å². The molecule has 4 heterocycles.